The number of halogens is 4. The number of rotatable bonds is 4. The topological polar surface area (TPSA) is 38.3 Å². The van der Waals surface area contributed by atoms with Crippen molar-refractivity contribution in [3.63, 3.8) is 0 Å². The van der Waals surface area contributed by atoms with Crippen LogP contribution in [-0.4, -0.2) is 19.1 Å². The summed E-state index contributed by atoms with van der Waals surface area (Å²) in [7, 11) is 1.26. The largest absolute Gasteiger partial charge is 0.469 e. The molecule has 1 rings (SSSR count). The molecule has 1 aromatic rings. The summed E-state index contributed by atoms with van der Waals surface area (Å²) in [5, 5.41) is 2.83. The van der Waals surface area contributed by atoms with Crippen molar-refractivity contribution in [1.82, 2.24) is 0 Å². The highest BCUT2D eigenvalue weighted by Gasteiger charge is 2.33. The summed E-state index contributed by atoms with van der Waals surface area (Å²) in [5.74, 6) is -0.423. The third kappa shape index (κ3) is 4.74. The van der Waals surface area contributed by atoms with Crippen LogP contribution in [0.1, 0.15) is 18.9 Å². The summed E-state index contributed by atoms with van der Waals surface area (Å²) in [6.45, 7) is 1.69. The summed E-state index contributed by atoms with van der Waals surface area (Å²) in [6, 6.07) is 3.50. The van der Waals surface area contributed by atoms with Crippen molar-refractivity contribution >= 4 is 27.6 Å². The summed E-state index contributed by atoms with van der Waals surface area (Å²) < 4.78 is 42.6. The van der Waals surface area contributed by atoms with Crippen molar-refractivity contribution in [2.75, 3.05) is 12.4 Å². The monoisotopic (exact) mass is 339 g/mol. The van der Waals surface area contributed by atoms with E-state index in [0.29, 0.717) is 5.69 Å². The molecular formula is C12H13BrF3NO2. The molecule has 1 aromatic carbocycles. The maximum absolute atomic E-state index is 12.7. The van der Waals surface area contributed by atoms with Gasteiger partial charge in [-0.25, -0.2) is 0 Å². The normalized spacial score (nSPS) is 12.9. The highest BCUT2D eigenvalue weighted by molar-refractivity contribution is 9.10. The Bertz CT molecular complexity index is 463. The van der Waals surface area contributed by atoms with E-state index in [0.717, 1.165) is 6.07 Å². The Kier molecular flexibility index (Phi) is 5.22. The lowest BCUT2D eigenvalue weighted by Crippen LogP contribution is -2.20. The summed E-state index contributed by atoms with van der Waals surface area (Å²) in [4.78, 5) is 11.0. The summed E-state index contributed by atoms with van der Waals surface area (Å²) in [6.07, 6.45) is -4.35. The van der Waals surface area contributed by atoms with Crippen LogP contribution in [0.3, 0.4) is 0 Å². The van der Waals surface area contributed by atoms with Crippen molar-refractivity contribution in [2.45, 2.75) is 25.6 Å². The van der Waals surface area contributed by atoms with Gasteiger partial charge in [0.15, 0.2) is 0 Å². The van der Waals surface area contributed by atoms with Crippen molar-refractivity contribution < 1.29 is 22.7 Å². The molecule has 0 amide bonds. The number of nitrogens with one attached hydrogen (secondary N) is 1. The van der Waals surface area contributed by atoms with Gasteiger partial charge in [0, 0.05) is 16.2 Å². The van der Waals surface area contributed by atoms with Crippen molar-refractivity contribution in [2.24, 2.45) is 0 Å². The van der Waals surface area contributed by atoms with Crippen molar-refractivity contribution in [3.8, 4) is 0 Å². The van der Waals surface area contributed by atoms with Crippen LogP contribution in [0.5, 0.6) is 0 Å². The number of ether oxygens (including phenoxy) is 1. The summed E-state index contributed by atoms with van der Waals surface area (Å²) >= 11 is 2.86. The smallest absolute Gasteiger partial charge is 0.417 e. The van der Waals surface area contributed by atoms with Crippen LogP contribution in [0.4, 0.5) is 18.9 Å². The van der Waals surface area contributed by atoms with Gasteiger partial charge in [-0.05, 0) is 25.1 Å². The number of carbonyl (C=O) groups is 1. The van der Waals surface area contributed by atoms with Gasteiger partial charge in [-0.15, -0.1) is 0 Å². The molecule has 106 valence electrons. The molecule has 0 saturated heterocycles. The third-order valence-electron chi connectivity index (χ3n) is 2.39. The van der Waals surface area contributed by atoms with Crippen LogP contribution >= 0.6 is 15.9 Å². The van der Waals surface area contributed by atoms with Crippen LogP contribution in [-0.2, 0) is 15.7 Å². The predicted octanol–water partition coefficient (Wildman–Crippen LogP) is 3.83. The first-order valence-electron chi connectivity index (χ1n) is 5.44. The number of esters is 1. The Hall–Kier alpha value is -1.24. The fraction of sp³-hybridized carbons (Fsp3) is 0.417. The van der Waals surface area contributed by atoms with Gasteiger partial charge in [0.1, 0.15) is 0 Å². The average Bonchev–Trinajstić information content (AvgIpc) is 2.29. The minimum Gasteiger partial charge on any atom is -0.469 e. The van der Waals surface area contributed by atoms with Crippen LogP contribution in [0.2, 0.25) is 0 Å². The molecule has 7 heteroatoms. The Labute approximate surface area is 117 Å². The van der Waals surface area contributed by atoms with Crippen LogP contribution in [0.15, 0.2) is 22.7 Å². The van der Waals surface area contributed by atoms with Crippen molar-refractivity contribution in [3.05, 3.63) is 28.2 Å². The first-order valence-corrected chi connectivity index (χ1v) is 6.23. The molecule has 1 N–H and O–H groups in total. The molecule has 0 aromatic heterocycles. The van der Waals surface area contributed by atoms with E-state index < -0.39 is 17.7 Å². The molecule has 0 radical (unpaired) electrons. The van der Waals surface area contributed by atoms with Gasteiger partial charge in [-0.3, -0.25) is 4.79 Å². The zero-order chi connectivity index (χ0) is 14.6. The van der Waals surface area contributed by atoms with Gasteiger partial charge in [0.05, 0.1) is 19.1 Å². The predicted molar refractivity (Wildman–Crippen MR) is 68.9 cm³/mol. The Morgan fingerprint density at radius 2 is 2.11 bits per heavy atom. The van der Waals surface area contributed by atoms with Gasteiger partial charge < -0.3 is 10.1 Å². The zero-order valence-corrected chi connectivity index (χ0v) is 11.9. The molecule has 0 fully saturated rings. The quantitative estimate of drug-likeness (QED) is 0.847. The van der Waals surface area contributed by atoms with E-state index in [2.05, 4.69) is 26.0 Å². The molecule has 1 atom stereocenters. The third-order valence-corrected chi connectivity index (χ3v) is 3.08. The molecule has 3 nitrogen and oxygen atoms in total. The molecule has 0 bridgehead atoms. The molecule has 0 aliphatic carbocycles. The van der Waals surface area contributed by atoms with Crippen molar-refractivity contribution in [1.29, 1.82) is 0 Å². The molecule has 0 heterocycles. The lowest BCUT2D eigenvalue weighted by molar-refractivity contribution is -0.141. The second-order valence-electron chi connectivity index (χ2n) is 4.02. The Balaban J connectivity index is 2.83. The first kappa shape index (κ1) is 15.8. The number of alkyl halides is 3. The fourth-order valence-corrected chi connectivity index (χ4v) is 1.97. The lowest BCUT2D eigenvalue weighted by Gasteiger charge is -2.16. The fourth-order valence-electron chi connectivity index (χ4n) is 1.50. The number of benzene rings is 1. The maximum Gasteiger partial charge on any atom is 0.417 e. The zero-order valence-electron chi connectivity index (χ0n) is 10.3. The van der Waals surface area contributed by atoms with Gasteiger partial charge in [-0.1, -0.05) is 15.9 Å². The Morgan fingerprint density at radius 3 is 2.63 bits per heavy atom. The van der Waals surface area contributed by atoms with Crippen LogP contribution in [0, 0.1) is 0 Å². The minimum absolute atomic E-state index is 0.0221. The van der Waals surface area contributed by atoms with E-state index in [1.54, 1.807) is 6.92 Å². The minimum atomic E-state index is -4.43. The number of hydrogen-bond donors (Lipinski definition) is 1. The second-order valence-corrected chi connectivity index (χ2v) is 4.87. The van der Waals surface area contributed by atoms with Gasteiger partial charge in [0.25, 0.3) is 0 Å². The number of carbonyl (C=O) groups excluding carboxylic acids is 1. The number of anilines is 1. The number of methoxy groups -OCH3 is 1. The van der Waals surface area contributed by atoms with E-state index in [1.165, 1.54) is 19.2 Å². The average molecular weight is 340 g/mol. The van der Waals surface area contributed by atoms with E-state index in [4.69, 9.17) is 0 Å². The highest BCUT2D eigenvalue weighted by Crippen LogP contribution is 2.36. The van der Waals surface area contributed by atoms with E-state index in [-0.39, 0.29) is 16.9 Å². The molecule has 1 unspecified atom stereocenters. The highest BCUT2D eigenvalue weighted by atomic mass is 79.9. The standard InChI is InChI=1S/C12H13BrF3NO2/c1-7(5-11(18)19-2)17-8-3-4-10(13)9(6-8)12(14,15)16/h3-4,6-7,17H,5H2,1-2H3. The van der Waals surface area contributed by atoms with E-state index >= 15 is 0 Å². The van der Waals surface area contributed by atoms with Gasteiger partial charge in [0.2, 0.25) is 0 Å². The lowest BCUT2D eigenvalue weighted by atomic mass is 10.1. The SMILES string of the molecule is COC(=O)CC(C)Nc1ccc(Br)c(C(F)(F)F)c1. The maximum atomic E-state index is 12.7. The molecule has 0 aliphatic rings. The molecule has 0 aliphatic heterocycles. The summed E-state index contributed by atoms with van der Waals surface area (Å²) in [5.41, 5.74) is -0.463. The van der Waals surface area contributed by atoms with E-state index in [9.17, 15) is 18.0 Å². The van der Waals surface area contributed by atoms with E-state index in [1.807, 2.05) is 0 Å². The van der Waals surface area contributed by atoms with Crippen LogP contribution < -0.4 is 5.32 Å². The first-order chi connectivity index (χ1) is 8.74. The van der Waals surface area contributed by atoms with Gasteiger partial charge in [-0.2, -0.15) is 13.2 Å². The number of hydrogen-bond acceptors (Lipinski definition) is 3. The molecular weight excluding hydrogens is 327 g/mol. The molecule has 0 spiro atoms. The Morgan fingerprint density at radius 1 is 1.47 bits per heavy atom. The molecule has 0 saturated carbocycles. The second kappa shape index (κ2) is 6.27. The molecule has 19 heavy (non-hydrogen) atoms. The van der Waals surface area contributed by atoms with Crippen LogP contribution in [0.25, 0.3) is 0 Å². The van der Waals surface area contributed by atoms with Gasteiger partial charge >= 0.3 is 12.1 Å².